The molecule has 0 bridgehead atoms. The molecule has 1 heterocycles. The molecular weight excluding hydrogens is 256 g/mol. The molecule has 0 amide bonds. The predicted octanol–water partition coefficient (Wildman–Crippen LogP) is 0.816. The average molecular weight is 280 g/mol. The first-order chi connectivity index (χ1) is 9.52. The van der Waals surface area contributed by atoms with Crippen molar-refractivity contribution >= 4 is 5.82 Å². The Kier molecular flexibility index (Phi) is 4.77. The monoisotopic (exact) mass is 280 g/mol. The molecule has 3 unspecified atom stereocenters. The summed E-state index contributed by atoms with van der Waals surface area (Å²) in [6, 6.07) is -0.0310. The fourth-order valence-corrected chi connectivity index (χ4v) is 2.47. The summed E-state index contributed by atoms with van der Waals surface area (Å²) in [6.07, 6.45) is 4.24. The molecule has 3 N–H and O–H groups in total. The summed E-state index contributed by atoms with van der Waals surface area (Å²) < 4.78 is 7.27. The van der Waals surface area contributed by atoms with Gasteiger partial charge in [0.05, 0.1) is 12.1 Å². The molecule has 112 valence electrons. The van der Waals surface area contributed by atoms with Gasteiger partial charge in [0.2, 0.25) is 0 Å². The molecule has 20 heavy (non-hydrogen) atoms. The Morgan fingerprint density at radius 2 is 2.35 bits per heavy atom. The van der Waals surface area contributed by atoms with Gasteiger partial charge in [-0.2, -0.15) is 0 Å². The van der Waals surface area contributed by atoms with Crippen molar-refractivity contribution in [1.82, 2.24) is 9.55 Å². The molecule has 1 aromatic heterocycles. The molecular formula is C14H24N4O2. The minimum Gasteiger partial charge on any atom is -0.376 e. The van der Waals surface area contributed by atoms with Gasteiger partial charge in [0.15, 0.2) is 5.82 Å². The molecule has 0 aromatic carbocycles. The van der Waals surface area contributed by atoms with Gasteiger partial charge < -0.3 is 20.4 Å². The zero-order chi connectivity index (χ0) is 14.7. The number of nitrogens with zero attached hydrogens (tertiary/aromatic N) is 2. The summed E-state index contributed by atoms with van der Waals surface area (Å²) in [5.74, 6) is 0.767. The van der Waals surface area contributed by atoms with Crippen molar-refractivity contribution in [3.8, 4) is 0 Å². The van der Waals surface area contributed by atoms with Crippen LogP contribution in [0.15, 0.2) is 17.2 Å². The zero-order valence-electron chi connectivity index (χ0n) is 12.4. The van der Waals surface area contributed by atoms with Gasteiger partial charge in [-0.3, -0.25) is 4.79 Å². The van der Waals surface area contributed by atoms with Crippen LogP contribution in [0.1, 0.15) is 27.2 Å². The number of nitrogens with two attached hydrogens (primary N) is 1. The Morgan fingerprint density at radius 3 is 2.95 bits per heavy atom. The van der Waals surface area contributed by atoms with E-state index in [2.05, 4.69) is 24.1 Å². The lowest BCUT2D eigenvalue weighted by Gasteiger charge is -2.42. The third-order valence-electron chi connectivity index (χ3n) is 3.53. The molecule has 0 spiro atoms. The molecule has 1 fully saturated rings. The maximum absolute atomic E-state index is 12.3. The maximum atomic E-state index is 12.3. The zero-order valence-corrected chi connectivity index (χ0v) is 12.4. The Labute approximate surface area is 119 Å². The molecule has 1 aromatic rings. The molecule has 1 saturated carbocycles. The summed E-state index contributed by atoms with van der Waals surface area (Å²) in [4.78, 5) is 16.4. The number of rotatable bonds is 6. The van der Waals surface area contributed by atoms with Crippen LogP contribution in [0, 0.1) is 5.92 Å². The van der Waals surface area contributed by atoms with E-state index in [1.165, 1.54) is 0 Å². The highest BCUT2D eigenvalue weighted by molar-refractivity contribution is 5.35. The maximum Gasteiger partial charge on any atom is 0.293 e. The van der Waals surface area contributed by atoms with Crippen molar-refractivity contribution in [2.45, 2.75) is 51.9 Å². The summed E-state index contributed by atoms with van der Waals surface area (Å²) in [5, 5.41) is 3.15. The van der Waals surface area contributed by atoms with Crippen LogP contribution in [0.2, 0.25) is 0 Å². The fourth-order valence-electron chi connectivity index (χ4n) is 2.47. The van der Waals surface area contributed by atoms with E-state index in [0.29, 0.717) is 24.9 Å². The highest BCUT2D eigenvalue weighted by atomic mass is 16.5. The second kappa shape index (κ2) is 6.37. The molecule has 0 saturated heterocycles. The lowest BCUT2D eigenvalue weighted by atomic mass is 9.83. The minimum atomic E-state index is -0.101. The topological polar surface area (TPSA) is 82.2 Å². The van der Waals surface area contributed by atoms with Crippen molar-refractivity contribution in [3.05, 3.63) is 22.7 Å². The standard InChI is InChI=1S/C14H24N4O2/c1-4-20-11-7-10(15)12(11)17-13-14(19)18(6-5-16-13)8-9(2)3/h5-6,9-12H,4,7-8,15H2,1-3H3,(H,16,17). The van der Waals surface area contributed by atoms with Crippen molar-refractivity contribution in [2.24, 2.45) is 11.7 Å². The quantitative estimate of drug-likeness (QED) is 0.806. The van der Waals surface area contributed by atoms with Crippen LogP contribution in [0.5, 0.6) is 0 Å². The number of hydrogen-bond acceptors (Lipinski definition) is 5. The van der Waals surface area contributed by atoms with E-state index < -0.39 is 0 Å². The highest BCUT2D eigenvalue weighted by Crippen LogP contribution is 2.24. The largest absolute Gasteiger partial charge is 0.376 e. The second-order valence-corrected chi connectivity index (χ2v) is 5.69. The van der Waals surface area contributed by atoms with Gasteiger partial charge in [-0.05, 0) is 19.3 Å². The number of anilines is 1. The van der Waals surface area contributed by atoms with E-state index in [-0.39, 0.29) is 23.7 Å². The van der Waals surface area contributed by atoms with Gasteiger partial charge in [0.25, 0.3) is 5.56 Å². The Morgan fingerprint density at radius 1 is 1.60 bits per heavy atom. The number of hydrogen-bond donors (Lipinski definition) is 2. The van der Waals surface area contributed by atoms with Crippen molar-refractivity contribution in [2.75, 3.05) is 11.9 Å². The summed E-state index contributed by atoms with van der Waals surface area (Å²) in [6.45, 7) is 7.44. The predicted molar refractivity (Wildman–Crippen MR) is 78.8 cm³/mol. The van der Waals surface area contributed by atoms with Gasteiger partial charge in [-0.25, -0.2) is 4.98 Å². The van der Waals surface area contributed by atoms with Gasteiger partial charge in [-0.15, -0.1) is 0 Å². The van der Waals surface area contributed by atoms with E-state index >= 15 is 0 Å². The summed E-state index contributed by atoms with van der Waals surface area (Å²) >= 11 is 0. The van der Waals surface area contributed by atoms with Crippen molar-refractivity contribution in [1.29, 1.82) is 0 Å². The SMILES string of the molecule is CCOC1CC(N)C1Nc1nccn(CC(C)C)c1=O. The molecule has 0 aliphatic heterocycles. The van der Waals surface area contributed by atoms with Crippen molar-refractivity contribution < 1.29 is 4.74 Å². The Bertz CT molecular complexity index is 498. The number of nitrogens with one attached hydrogen (secondary N) is 1. The van der Waals surface area contributed by atoms with Crippen LogP contribution in [0.3, 0.4) is 0 Å². The first-order valence-corrected chi connectivity index (χ1v) is 7.22. The van der Waals surface area contributed by atoms with E-state index in [0.717, 1.165) is 6.42 Å². The fraction of sp³-hybridized carbons (Fsp3) is 0.714. The highest BCUT2D eigenvalue weighted by Gasteiger charge is 2.40. The first-order valence-electron chi connectivity index (χ1n) is 7.22. The Balaban J connectivity index is 2.11. The smallest absolute Gasteiger partial charge is 0.293 e. The van der Waals surface area contributed by atoms with Crippen LogP contribution in [0.25, 0.3) is 0 Å². The summed E-state index contributed by atoms with van der Waals surface area (Å²) in [7, 11) is 0. The van der Waals surface area contributed by atoms with Crippen LogP contribution < -0.4 is 16.6 Å². The van der Waals surface area contributed by atoms with Gasteiger partial charge >= 0.3 is 0 Å². The lowest BCUT2D eigenvalue weighted by Crippen LogP contribution is -2.61. The van der Waals surface area contributed by atoms with Gasteiger partial charge in [-0.1, -0.05) is 13.8 Å². The van der Waals surface area contributed by atoms with Gasteiger partial charge in [0.1, 0.15) is 0 Å². The molecule has 6 heteroatoms. The normalized spacial score (nSPS) is 25.6. The minimum absolute atomic E-state index is 0.00602. The molecule has 0 radical (unpaired) electrons. The van der Waals surface area contributed by atoms with E-state index in [9.17, 15) is 4.79 Å². The number of ether oxygens (including phenoxy) is 1. The summed E-state index contributed by atoms with van der Waals surface area (Å²) in [5.41, 5.74) is 5.88. The second-order valence-electron chi connectivity index (χ2n) is 5.69. The lowest BCUT2D eigenvalue weighted by molar-refractivity contribution is -0.0127. The van der Waals surface area contributed by atoms with Crippen LogP contribution in [0.4, 0.5) is 5.82 Å². The van der Waals surface area contributed by atoms with E-state index in [1.54, 1.807) is 17.0 Å². The third-order valence-corrected chi connectivity index (χ3v) is 3.53. The molecule has 3 atom stereocenters. The first kappa shape index (κ1) is 15.0. The van der Waals surface area contributed by atoms with Crippen LogP contribution in [-0.4, -0.2) is 34.3 Å². The average Bonchev–Trinajstić information content (AvgIpc) is 2.39. The van der Waals surface area contributed by atoms with E-state index in [1.807, 2.05) is 6.92 Å². The van der Waals surface area contributed by atoms with E-state index in [4.69, 9.17) is 10.5 Å². The van der Waals surface area contributed by atoms with Crippen LogP contribution >= 0.6 is 0 Å². The molecule has 1 aliphatic rings. The van der Waals surface area contributed by atoms with Crippen molar-refractivity contribution in [3.63, 3.8) is 0 Å². The van der Waals surface area contributed by atoms with Gasteiger partial charge in [0, 0.05) is 31.6 Å². The molecule has 2 rings (SSSR count). The molecule has 1 aliphatic carbocycles. The third kappa shape index (κ3) is 3.19. The number of aromatic nitrogens is 2. The molecule has 6 nitrogen and oxygen atoms in total. The van der Waals surface area contributed by atoms with Crippen LogP contribution in [-0.2, 0) is 11.3 Å². The Hall–Kier alpha value is -1.40.